The number of aromatic nitrogens is 3. The molecule has 0 N–H and O–H groups in total. The summed E-state index contributed by atoms with van der Waals surface area (Å²) in [6.45, 7) is 0. The van der Waals surface area contributed by atoms with Gasteiger partial charge in [-0.2, -0.15) is 5.26 Å². The molecular formula is C15H11ClN4O2. The van der Waals surface area contributed by atoms with Crippen molar-refractivity contribution in [3.05, 3.63) is 47.7 Å². The topological polar surface area (TPSA) is 80.9 Å². The SMILES string of the molecule is N#Cc1cc(-c2ccnc(Cl)n2)ncc1OC1CCC=CO1. The number of hydrogen-bond acceptors (Lipinski definition) is 6. The second kappa shape index (κ2) is 6.41. The van der Waals surface area contributed by atoms with Crippen LogP contribution in [0.5, 0.6) is 5.75 Å². The molecule has 3 heterocycles. The molecule has 0 amide bonds. The molecule has 0 saturated heterocycles. The first kappa shape index (κ1) is 14.3. The van der Waals surface area contributed by atoms with Gasteiger partial charge in [0, 0.05) is 12.6 Å². The van der Waals surface area contributed by atoms with Crippen LogP contribution in [0.25, 0.3) is 11.4 Å². The molecule has 3 rings (SSSR count). The first-order valence-corrected chi connectivity index (χ1v) is 7.00. The van der Waals surface area contributed by atoms with Gasteiger partial charge in [-0.1, -0.05) is 0 Å². The van der Waals surface area contributed by atoms with E-state index in [-0.39, 0.29) is 5.28 Å². The van der Waals surface area contributed by atoms with Crippen LogP contribution >= 0.6 is 11.6 Å². The van der Waals surface area contributed by atoms with Crippen LogP contribution in [0.2, 0.25) is 5.28 Å². The summed E-state index contributed by atoms with van der Waals surface area (Å²) in [5.74, 6) is 0.381. The zero-order valence-electron chi connectivity index (χ0n) is 11.4. The Morgan fingerprint density at radius 1 is 1.36 bits per heavy atom. The summed E-state index contributed by atoms with van der Waals surface area (Å²) in [7, 11) is 0. The van der Waals surface area contributed by atoms with Crippen molar-refractivity contribution in [1.29, 1.82) is 5.26 Å². The number of rotatable bonds is 3. The summed E-state index contributed by atoms with van der Waals surface area (Å²) in [5.41, 5.74) is 1.43. The lowest BCUT2D eigenvalue weighted by Crippen LogP contribution is -2.20. The van der Waals surface area contributed by atoms with E-state index < -0.39 is 6.29 Å². The van der Waals surface area contributed by atoms with Crippen molar-refractivity contribution >= 4 is 11.6 Å². The molecule has 1 unspecified atom stereocenters. The van der Waals surface area contributed by atoms with Crippen LogP contribution in [0.3, 0.4) is 0 Å². The minimum atomic E-state index is -0.404. The minimum Gasteiger partial charge on any atom is -0.463 e. The summed E-state index contributed by atoms with van der Waals surface area (Å²) >= 11 is 5.77. The summed E-state index contributed by atoms with van der Waals surface area (Å²) in [5, 5.41) is 9.43. The molecule has 6 nitrogen and oxygen atoms in total. The maximum Gasteiger partial charge on any atom is 0.240 e. The first-order valence-electron chi connectivity index (χ1n) is 6.62. The van der Waals surface area contributed by atoms with Gasteiger partial charge in [-0.05, 0) is 36.2 Å². The fourth-order valence-electron chi connectivity index (χ4n) is 1.98. The van der Waals surface area contributed by atoms with Crippen LogP contribution in [0, 0.1) is 11.3 Å². The van der Waals surface area contributed by atoms with E-state index in [1.165, 1.54) is 12.4 Å². The fourth-order valence-corrected chi connectivity index (χ4v) is 2.13. The number of hydrogen-bond donors (Lipinski definition) is 0. The van der Waals surface area contributed by atoms with Crippen molar-refractivity contribution in [2.75, 3.05) is 0 Å². The van der Waals surface area contributed by atoms with Gasteiger partial charge in [-0.3, -0.25) is 4.98 Å². The Bertz CT molecular complexity index is 757. The van der Waals surface area contributed by atoms with Crippen LogP contribution in [-0.4, -0.2) is 21.2 Å². The lowest BCUT2D eigenvalue weighted by atomic mass is 10.2. The summed E-state index contributed by atoms with van der Waals surface area (Å²) in [6, 6.07) is 5.37. The predicted octanol–water partition coefficient (Wildman–Crippen LogP) is 3.09. The van der Waals surface area contributed by atoms with Crippen molar-refractivity contribution in [2.24, 2.45) is 0 Å². The Balaban J connectivity index is 1.87. The van der Waals surface area contributed by atoms with Crippen LogP contribution in [-0.2, 0) is 4.74 Å². The molecule has 0 spiro atoms. The van der Waals surface area contributed by atoms with Crippen molar-refractivity contribution < 1.29 is 9.47 Å². The van der Waals surface area contributed by atoms with Crippen molar-refractivity contribution in [3.63, 3.8) is 0 Å². The van der Waals surface area contributed by atoms with Gasteiger partial charge in [0.2, 0.25) is 11.6 Å². The molecule has 0 aliphatic carbocycles. The Morgan fingerprint density at radius 2 is 2.27 bits per heavy atom. The van der Waals surface area contributed by atoms with Gasteiger partial charge in [0.05, 0.1) is 29.4 Å². The van der Waals surface area contributed by atoms with Gasteiger partial charge in [0.25, 0.3) is 0 Å². The zero-order chi connectivity index (χ0) is 15.4. The second-order valence-electron chi connectivity index (χ2n) is 4.52. The number of nitriles is 1. The molecule has 2 aromatic rings. The number of pyridine rings is 1. The van der Waals surface area contributed by atoms with E-state index in [9.17, 15) is 5.26 Å². The van der Waals surface area contributed by atoms with Crippen LogP contribution in [0.15, 0.2) is 36.9 Å². The standard InChI is InChI=1S/C15H11ClN4O2/c16-15-18-5-4-11(20-15)12-7-10(8-17)13(9-19-12)22-14-3-1-2-6-21-14/h2,4-7,9,14H,1,3H2. The van der Waals surface area contributed by atoms with E-state index in [0.29, 0.717) is 22.7 Å². The zero-order valence-corrected chi connectivity index (χ0v) is 12.2. The third-order valence-electron chi connectivity index (χ3n) is 3.03. The Labute approximate surface area is 132 Å². The molecule has 0 radical (unpaired) electrons. The minimum absolute atomic E-state index is 0.125. The molecule has 22 heavy (non-hydrogen) atoms. The summed E-state index contributed by atoms with van der Waals surface area (Å²) in [6.07, 6.45) is 7.74. The lowest BCUT2D eigenvalue weighted by molar-refractivity contribution is -0.0418. The van der Waals surface area contributed by atoms with Crippen molar-refractivity contribution in [1.82, 2.24) is 15.0 Å². The first-order chi connectivity index (χ1) is 10.8. The molecular weight excluding hydrogens is 304 g/mol. The number of ether oxygens (including phenoxy) is 2. The average molecular weight is 315 g/mol. The van der Waals surface area contributed by atoms with Gasteiger partial charge in [0.15, 0.2) is 5.75 Å². The number of allylic oxidation sites excluding steroid dienone is 1. The smallest absolute Gasteiger partial charge is 0.240 e. The lowest BCUT2D eigenvalue weighted by Gasteiger charge is -2.21. The second-order valence-corrected chi connectivity index (χ2v) is 4.86. The number of halogens is 1. The highest BCUT2D eigenvalue weighted by Gasteiger charge is 2.16. The highest BCUT2D eigenvalue weighted by atomic mass is 35.5. The molecule has 7 heteroatoms. The third-order valence-corrected chi connectivity index (χ3v) is 3.21. The molecule has 1 aliphatic rings. The molecule has 0 fully saturated rings. The average Bonchev–Trinajstić information content (AvgIpc) is 2.56. The molecule has 1 aliphatic heterocycles. The fraction of sp³-hybridized carbons (Fsp3) is 0.200. The normalized spacial score (nSPS) is 16.6. The largest absolute Gasteiger partial charge is 0.463 e. The monoisotopic (exact) mass is 314 g/mol. The van der Waals surface area contributed by atoms with Gasteiger partial charge >= 0.3 is 0 Å². The van der Waals surface area contributed by atoms with E-state index in [1.54, 1.807) is 18.4 Å². The Morgan fingerprint density at radius 3 is 3.00 bits per heavy atom. The highest BCUT2D eigenvalue weighted by Crippen LogP contribution is 2.25. The van der Waals surface area contributed by atoms with E-state index in [1.807, 2.05) is 6.08 Å². The van der Waals surface area contributed by atoms with E-state index in [2.05, 4.69) is 21.0 Å². The summed E-state index contributed by atoms with van der Waals surface area (Å²) in [4.78, 5) is 12.2. The van der Waals surface area contributed by atoms with E-state index in [4.69, 9.17) is 21.1 Å². The molecule has 0 bridgehead atoms. The van der Waals surface area contributed by atoms with E-state index in [0.717, 1.165) is 12.8 Å². The quantitative estimate of drug-likeness (QED) is 0.810. The predicted molar refractivity (Wildman–Crippen MR) is 78.9 cm³/mol. The van der Waals surface area contributed by atoms with Gasteiger partial charge in [0.1, 0.15) is 6.07 Å². The summed E-state index contributed by atoms with van der Waals surface area (Å²) < 4.78 is 11.0. The molecule has 1 atom stereocenters. The third kappa shape index (κ3) is 3.15. The van der Waals surface area contributed by atoms with Crippen LogP contribution in [0.4, 0.5) is 0 Å². The van der Waals surface area contributed by atoms with Gasteiger partial charge in [-0.15, -0.1) is 0 Å². The highest BCUT2D eigenvalue weighted by molar-refractivity contribution is 6.28. The van der Waals surface area contributed by atoms with Crippen molar-refractivity contribution in [2.45, 2.75) is 19.1 Å². The van der Waals surface area contributed by atoms with E-state index >= 15 is 0 Å². The van der Waals surface area contributed by atoms with Gasteiger partial charge in [-0.25, -0.2) is 9.97 Å². The Hall–Kier alpha value is -2.65. The Kier molecular flexibility index (Phi) is 4.17. The van der Waals surface area contributed by atoms with Crippen molar-refractivity contribution in [3.8, 4) is 23.2 Å². The molecule has 0 saturated carbocycles. The maximum absolute atomic E-state index is 9.30. The maximum atomic E-state index is 9.30. The molecule has 110 valence electrons. The van der Waals surface area contributed by atoms with Crippen LogP contribution < -0.4 is 4.74 Å². The van der Waals surface area contributed by atoms with Crippen LogP contribution in [0.1, 0.15) is 18.4 Å². The van der Waals surface area contributed by atoms with Gasteiger partial charge < -0.3 is 9.47 Å². The molecule has 2 aromatic heterocycles. The molecule has 0 aromatic carbocycles. The number of nitrogens with zero attached hydrogens (tertiary/aromatic N) is 4.